The van der Waals surface area contributed by atoms with Crippen molar-refractivity contribution in [1.82, 2.24) is 4.72 Å². The lowest BCUT2D eigenvalue weighted by atomic mass is 10.1. The van der Waals surface area contributed by atoms with Gasteiger partial charge in [-0.1, -0.05) is 24.8 Å². The molecule has 0 heterocycles. The molecule has 5 heteroatoms. The Kier molecular flexibility index (Phi) is 4.72. The highest BCUT2D eigenvalue weighted by Crippen LogP contribution is 2.48. The summed E-state index contributed by atoms with van der Waals surface area (Å²) in [5.41, 5.74) is 1.51. The van der Waals surface area contributed by atoms with Crippen molar-refractivity contribution in [1.29, 1.82) is 0 Å². The standard InChI is InChI=1S/C16H21NO3S/c1-3-16(8-9-16)12-17-21(19,20)15-7-6-13(2)11-14(15)5-4-10-18/h6-7,11,17-18H,3,8-10,12H2,1-2H3. The normalized spacial score (nSPS) is 16.1. The fraction of sp³-hybridized carbons (Fsp3) is 0.500. The first-order valence-electron chi connectivity index (χ1n) is 7.12. The van der Waals surface area contributed by atoms with Crippen LogP contribution >= 0.6 is 0 Å². The van der Waals surface area contributed by atoms with Crippen LogP contribution < -0.4 is 4.72 Å². The summed E-state index contributed by atoms with van der Waals surface area (Å²) in [5.74, 6) is 5.23. The molecule has 0 aromatic heterocycles. The minimum absolute atomic E-state index is 0.148. The van der Waals surface area contributed by atoms with Gasteiger partial charge in [-0.15, -0.1) is 0 Å². The van der Waals surface area contributed by atoms with E-state index in [0.717, 1.165) is 24.8 Å². The summed E-state index contributed by atoms with van der Waals surface area (Å²) in [6.07, 6.45) is 3.15. The molecule has 0 unspecified atom stereocenters. The number of aliphatic hydroxyl groups excluding tert-OH is 1. The SMILES string of the molecule is CCC1(CNS(=O)(=O)c2ccc(C)cc2C#CCO)CC1. The van der Waals surface area contributed by atoms with Gasteiger partial charge in [0.25, 0.3) is 0 Å². The van der Waals surface area contributed by atoms with Crippen molar-refractivity contribution in [2.24, 2.45) is 5.41 Å². The topological polar surface area (TPSA) is 66.4 Å². The van der Waals surface area contributed by atoms with Gasteiger partial charge in [0.2, 0.25) is 10.0 Å². The number of hydrogen-bond acceptors (Lipinski definition) is 3. The highest BCUT2D eigenvalue weighted by atomic mass is 32.2. The van der Waals surface area contributed by atoms with Crippen LogP contribution in [-0.4, -0.2) is 26.7 Å². The molecule has 0 radical (unpaired) electrons. The van der Waals surface area contributed by atoms with Gasteiger partial charge in [0.1, 0.15) is 6.61 Å². The lowest BCUT2D eigenvalue weighted by molar-refractivity contribution is 0.350. The largest absolute Gasteiger partial charge is 0.384 e. The van der Waals surface area contributed by atoms with Crippen LogP contribution in [0.25, 0.3) is 0 Å². The van der Waals surface area contributed by atoms with Crippen molar-refractivity contribution >= 4 is 10.0 Å². The Morgan fingerprint density at radius 2 is 2.10 bits per heavy atom. The van der Waals surface area contributed by atoms with Crippen LogP contribution in [0.5, 0.6) is 0 Å². The van der Waals surface area contributed by atoms with Crippen LogP contribution in [0.3, 0.4) is 0 Å². The molecule has 21 heavy (non-hydrogen) atoms. The van der Waals surface area contributed by atoms with Crippen LogP contribution in [0.2, 0.25) is 0 Å². The average molecular weight is 307 g/mol. The number of aryl methyl sites for hydroxylation is 1. The molecule has 1 saturated carbocycles. The first kappa shape index (κ1) is 16.0. The molecule has 0 bridgehead atoms. The average Bonchev–Trinajstić information content (AvgIpc) is 3.23. The van der Waals surface area contributed by atoms with E-state index in [9.17, 15) is 8.42 Å². The summed E-state index contributed by atoms with van der Waals surface area (Å²) in [6.45, 7) is 4.15. The molecule has 114 valence electrons. The predicted octanol–water partition coefficient (Wildman–Crippen LogP) is 1.81. The number of aliphatic hydroxyl groups is 1. The van der Waals surface area contributed by atoms with Gasteiger partial charge in [0, 0.05) is 12.1 Å². The summed E-state index contributed by atoms with van der Waals surface area (Å²) in [4.78, 5) is 0.181. The zero-order valence-electron chi connectivity index (χ0n) is 12.4. The van der Waals surface area contributed by atoms with Gasteiger partial charge < -0.3 is 5.11 Å². The summed E-state index contributed by atoms with van der Waals surface area (Å²) in [5, 5.41) is 8.80. The third-order valence-electron chi connectivity index (χ3n) is 4.07. The van der Waals surface area contributed by atoms with Crippen molar-refractivity contribution in [2.75, 3.05) is 13.2 Å². The smallest absolute Gasteiger partial charge is 0.241 e. The summed E-state index contributed by atoms with van der Waals surface area (Å²) in [6, 6.07) is 5.06. The zero-order chi connectivity index (χ0) is 15.5. The maximum atomic E-state index is 12.5. The van der Waals surface area contributed by atoms with Crippen molar-refractivity contribution < 1.29 is 13.5 Å². The Morgan fingerprint density at radius 1 is 1.38 bits per heavy atom. The van der Waals surface area contributed by atoms with E-state index in [1.54, 1.807) is 18.2 Å². The fourth-order valence-electron chi connectivity index (χ4n) is 2.27. The Hall–Kier alpha value is -1.35. The molecular weight excluding hydrogens is 286 g/mol. The van der Waals surface area contributed by atoms with Gasteiger partial charge in [0.05, 0.1) is 4.90 Å². The molecule has 0 saturated heterocycles. The van der Waals surface area contributed by atoms with Gasteiger partial charge in [-0.05, 0) is 49.3 Å². The second-order valence-electron chi connectivity index (χ2n) is 5.64. The van der Waals surface area contributed by atoms with Gasteiger partial charge >= 0.3 is 0 Å². The molecule has 0 atom stereocenters. The van der Waals surface area contributed by atoms with E-state index >= 15 is 0 Å². The van der Waals surface area contributed by atoms with Gasteiger partial charge in [0.15, 0.2) is 0 Å². The van der Waals surface area contributed by atoms with Gasteiger partial charge in [-0.2, -0.15) is 0 Å². The van der Waals surface area contributed by atoms with Crippen LogP contribution in [-0.2, 0) is 10.0 Å². The predicted molar refractivity (Wildman–Crippen MR) is 82.3 cm³/mol. The summed E-state index contributed by atoms with van der Waals surface area (Å²) < 4.78 is 27.7. The highest BCUT2D eigenvalue weighted by molar-refractivity contribution is 7.89. The van der Waals surface area contributed by atoms with Crippen LogP contribution in [0, 0.1) is 24.2 Å². The summed E-state index contributed by atoms with van der Waals surface area (Å²) in [7, 11) is -3.58. The van der Waals surface area contributed by atoms with E-state index in [4.69, 9.17) is 5.11 Å². The third kappa shape index (κ3) is 3.85. The maximum Gasteiger partial charge on any atom is 0.241 e. The highest BCUT2D eigenvalue weighted by Gasteiger charge is 2.41. The monoisotopic (exact) mass is 307 g/mol. The molecule has 1 aliphatic carbocycles. The van der Waals surface area contributed by atoms with Crippen molar-refractivity contribution in [3.63, 3.8) is 0 Å². The molecule has 2 N–H and O–H groups in total. The van der Waals surface area contributed by atoms with Gasteiger partial charge in [-0.3, -0.25) is 0 Å². The van der Waals surface area contributed by atoms with Crippen LogP contribution in [0.4, 0.5) is 0 Å². The molecule has 1 aliphatic rings. The molecule has 0 aliphatic heterocycles. The second kappa shape index (κ2) is 6.18. The molecule has 4 nitrogen and oxygen atoms in total. The van der Waals surface area contributed by atoms with E-state index in [1.807, 2.05) is 6.92 Å². The quantitative estimate of drug-likeness (QED) is 0.815. The second-order valence-corrected chi connectivity index (χ2v) is 7.37. The molecule has 1 aromatic rings. The minimum atomic E-state index is -3.58. The van der Waals surface area contributed by atoms with E-state index in [0.29, 0.717) is 12.1 Å². The van der Waals surface area contributed by atoms with E-state index in [1.165, 1.54) is 0 Å². The molecule has 1 aromatic carbocycles. The third-order valence-corrected chi connectivity index (χ3v) is 5.53. The molecular formula is C16H21NO3S. The first-order valence-corrected chi connectivity index (χ1v) is 8.61. The minimum Gasteiger partial charge on any atom is -0.384 e. The number of sulfonamides is 1. The van der Waals surface area contributed by atoms with Crippen molar-refractivity contribution in [2.45, 2.75) is 38.0 Å². The maximum absolute atomic E-state index is 12.5. The van der Waals surface area contributed by atoms with Crippen molar-refractivity contribution in [3.05, 3.63) is 29.3 Å². The number of nitrogens with one attached hydrogen (secondary N) is 1. The van der Waals surface area contributed by atoms with E-state index in [2.05, 4.69) is 23.5 Å². The molecule has 0 spiro atoms. The Morgan fingerprint density at radius 3 is 2.67 bits per heavy atom. The molecule has 2 rings (SSSR count). The zero-order valence-corrected chi connectivity index (χ0v) is 13.3. The van der Waals surface area contributed by atoms with Crippen LogP contribution in [0.1, 0.15) is 37.3 Å². The molecule has 1 fully saturated rings. The fourth-order valence-corrected chi connectivity index (χ4v) is 3.57. The van der Waals surface area contributed by atoms with E-state index in [-0.39, 0.29) is 16.9 Å². The Balaban J connectivity index is 2.26. The van der Waals surface area contributed by atoms with Crippen molar-refractivity contribution in [3.8, 4) is 11.8 Å². The summed E-state index contributed by atoms with van der Waals surface area (Å²) >= 11 is 0. The van der Waals surface area contributed by atoms with Crippen LogP contribution in [0.15, 0.2) is 23.1 Å². The number of rotatable bonds is 5. The number of benzene rings is 1. The van der Waals surface area contributed by atoms with E-state index < -0.39 is 10.0 Å². The first-order chi connectivity index (χ1) is 9.92. The molecule has 0 amide bonds. The Labute approximate surface area is 126 Å². The number of hydrogen-bond donors (Lipinski definition) is 2. The van der Waals surface area contributed by atoms with Gasteiger partial charge in [-0.25, -0.2) is 13.1 Å². The Bertz CT molecular complexity index is 679. The lowest BCUT2D eigenvalue weighted by Gasteiger charge is -2.14. The lowest BCUT2D eigenvalue weighted by Crippen LogP contribution is -2.30.